The van der Waals surface area contributed by atoms with Crippen molar-refractivity contribution in [2.24, 2.45) is 0 Å². The zero-order chi connectivity index (χ0) is 13.9. The second kappa shape index (κ2) is 5.21. The molecule has 0 unspecified atom stereocenters. The maximum atomic E-state index is 11.7. The van der Waals surface area contributed by atoms with E-state index in [2.05, 4.69) is 4.98 Å². The van der Waals surface area contributed by atoms with Gasteiger partial charge in [0.25, 0.3) is 0 Å². The minimum absolute atomic E-state index is 0.0343. The molecule has 1 heterocycles. The summed E-state index contributed by atoms with van der Waals surface area (Å²) in [6.07, 6.45) is 1.74. The topological polar surface area (TPSA) is 42.1 Å². The lowest BCUT2D eigenvalue weighted by molar-refractivity contribution is 0.101. The zero-order valence-electron chi connectivity index (χ0n) is 11.2. The summed E-state index contributed by atoms with van der Waals surface area (Å²) in [7, 11) is 0. The molecule has 0 saturated carbocycles. The van der Waals surface area contributed by atoms with Gasteiger partial charge in [0.1, 0.15) is 12.4 Å². The van der Waals surface area contributed by atoms with Crippen molar-refractivity contribution in [3.05, 3.63) is 65.9 Å². The molecule has 3 nitrogen and oxygen atoms in total. The summed E-state index contributed by atoms with van der Waals surface area (Å²) in [5, 5.41) is 0.857. The smallest absolute Gasteiger partial charge is 0.162 e. The van der Waals surface area contributed by atoms with Gasteiger partial charge in [-0.2, -0.15) is 0 Å². The van der Waals surface area contributed by atoms with Gasteiger partial charge in [-0.1, -0.05) is 36.4 Å². The Morgan fingerprint density at radius 2 is 1.90 bits per heavy atom. The number of nitrogens with one attached hydrogen (secondary N) is 1. The molecule has 3 rings (SSSR count). The van der Waals surface area contributed by atoms with Crippen LogP contribution in [-0.4, -0.2) is 10.8 Å². The molecule has 1 aromatic heterocycles. The number of fused-ring (bicyclic) bond motifs is 1. The third-order valence-corrected chi connectivity index (χ3v) is 3.28. The second-order valence-electron chi connectivity index (χ2n) is 4.71. The van der Waals surface area contributed by atoms with Gasteiger partial charge in [0.05, 0.1) is 5.39 Å². The highest BCUT2D eigenvalue weighted by Crippen LogP contribution is 2.29. The fraction of sp³-hybridized carbons (Fsp3) is 0.118. The zero-order valence-corrected chi connectivity index (χ0v) is 11.2. The number of Topliss-reactive ketones (excluding diaryl/α,β-unsaturated/α-hetero) is 1. The number of ether oxygens (including phenoxy) is 1. The van der Waals surface area contributed by atoms with E-state index in [0.29, 0.717) is 12.2 Å². The monoisotopic (exact) mass is 265 g/mol. The van der Waals surface area contributed by atoms with Crippen molar-refractivity contribution in [1.29, 1.82) is 0 Å². The van der Waals surface area contributed by atoms with Crippen molar-refractivity contribution in [1.82, 2.24) is 4.98 Å². The summed E-state index contributed by atoms with van der Waals surface area (Å²) in [5.41, 5.74) is 2.69. The van der Waals surface area contributed by atoms with Crippen LogP contribution < -0.4 is 4.74 Å². The maximum absolute atomic E-state index is 11.7. The predicted octanol–water partition coefficient (Wildman–Crippen LogP) is 3.95. The average Bonchev–Trinajstić information content (AvgIpc) is 2.91. The first-order valence-corrected chi connectivity index (χ1v) is 6.53. The minimum atomic E-state index is 0.0343. The van der Waals surface area contributed by atoms with Crippen LogP contribution in [0.15, 0.2) is 54.7 Å². The van der Waals surface area contributed by atoms with Gasteiger partial charge in [0.2, 0.25) is 0 Å². The molecule has 2 aromatic carbocycles. The first kappa shape index (κ1) is 12.5. The normalized spacial score (nSPS) is 10.7. The third-order valence-electron chi connectivity index (χ3n) is 3.28. The number of hydrogen-bond acceptors (Lipinski definition) is 2. The lowest BCUT2D eigenvalue weighted by Crippen LogP contribution is -1.97. The molecule has 100 valence electrons. The number of carbonyl (C=O) groups is 1. The Kier molecular flexibility index (Phi) is 3.25. The minimum Gasteiger partial charge on any atom is -0.488 e. The molecule has 0 radical (unpaired) electrons. The van der Waals surface area contributed by atoms with E-state index in [1.165, 1.54) is 0 Å². The van der Waals surface area contributed by atoms with E-state index in [-0.39, 0.29) is 5.78 Å². The molecule has 0 atom stereocenters. The van der Waals surface area contributed by atoms with Gasteiger partial charge in [-0.25, -0.2) is 0 Å². The van der Waals surface area contributed by atoms with E-state index < -0.39 is 0 Å². The summed E-state index contributed by atoms with van der Waals surface area (Å²) in [6, 6.07) is 15.7. The molecule has 0 aliphatic carbocycles. The summed E-state index contributed by atoms with van der Waals surface area (Å²) in [6.45, 7) is 2.05. The molecule has 3 aromatic rings. The Bertz CT molecular complexity index is 744. The Balaban J connectivity index is 1.95. The molecule has 0 amide bonds. The number of aromatic nitrogens is 1. The number of benzene rings is 2. The lowest BCUT2D eigenvalue weighted by atomic mass is 10.1. The average molecular weight is 265 g/mol. The summed E-state index contributed by atoms with van der Waals surface area (Å²) in [4.78, 5) is 14.8. The van der Waals surface area contributed by atoms with Crippen LogP contribution in [0, 0.1) is 0 Å². The summed E-state index contributed by atoms with van der Waals surface area (Å²) < 4.78 is 5.88. The Hall–Kier alpha value is -2.55. The van der Waals surface area contributed by atoms with Crippen LogP contribution in [0.4, 0.5) is 0 Å². The highest BCUT2D eigenvalue weighted by molar-refractivity contribution is 6.08. The summed E-state index contributed by atoms with van der Waals surface area (Å²) in [5.74, 6) is 0.768. The van der Waals surface area contributed by atoms with Gasteiger partial charge in [0.15, 0.2) is 5.78 Å². The molecular formula is C17H15NO2. The first-order chi connectivity index (χ1) is 9.75. The second-order valence-corrected chi connectivity index (χ2v) is 4.71. The quantitative estimate of drug-likeness (QED) is 0.726. The molecule has 1 N–H and O–H groups in total. The van der Waals surface area contributed by atoms with E-state index >= 15 is 0 Å². The molecular weight excluding hydrogens is 250 g/mol. The SMILES string of the molecule is CC(=O)c1c[nH]c2cccc(OCc3ccccc3)c12. The standard InChI is InChI=1S/C17H15NO2/c1-12(19)14-10-18-15-8-5-9-16(17(14)15)20-11-13-6-3-2-4-7-13/h2-10,18H,11H2,1H3. The van der Waals surface area contributed by atoms with Crippen molar-refractivity contribution in [3.8, 4) is 5.75 Å². The summed E-state index contributed by atoms with van der Waals surface area (Å²) >= 11 is 0. The molecule has 20 heavy (non-hydrogen) atoms. The third kappa shape index (κ3) is 2.30. The van der Waals surface area contributed by atoms with E-state index in [1.54, 1.807) is 13.1 Å². The number of H-pyrrole nitrogens is 1. The van der Waals surface area contributed by atoms with E-state index in [9.17, 15) is 4.79 Å². The number of hydrogen-bond donors (Lipinski definition) is 1. The van der Waals surface area contributed by atoms with Crippen molar-refractivity contribution >= 4 is 16.7 Å². The van der Waals surface area contributed by atoms with Gasteiger partial charge in [-0.15, -0.1) is 0 Å². The first-order valence-electron chi connectivity index (χ1n) is 6.53. The molecule has 3 heteroatoms. The van der Waals surface area contributed by atoms with Gasteiger partial charge in [0, 0.05) is 17.3 Å². The van der Waals surface area contributed by atoms with Crippen LogP contribution in [0.3, 0.4) is 0 Å². The Labute approximate surface area is 117 Å². The van der Waals surface area contributed by atoms with Gasteiger partial charge in [-0.3, -0.25) is 4.79 Å². The van der Waals surface area contributed by atoms with Crippen LogP contribution >= 0.6 is 0 Å². The molecule has 0 spiro atoms. The number of rotatable bonds is 4. The van der Waals surface area contributed by atoms with E-state index in [0.717, 1.165) is 22.2 Å². The van der Waals surface area contributed by atoms with Crippen molar-refractivity contribution < 1.29 is 9.53 Å². The van der Waals surface area contributed by atoms with Crippen LogP contribution in [0.5, 0.6) is 5.75 Å². The van der Waals surface area contributed by atoms with Crippen LogP contribution in [-0.2, 0) is 6.61 Å². The predicted molar refractivity (Wildman–Crippen MR) is 79.1 cm³/mol. The van der Waals surface area contributed by atoms with Gasteiger partial charge in [-0.05, 0) is 24.6 Å². The number of ketones is 1. The molecule has 0 bridgehead atoms. The van der Waals surface area contributed by atoms with Gasteiger partial charge >= 0.3 is 0 Å². The highest BCUT2D eigenvalue weighted by Gasteiger charge is 2.12. The Morgan fingerprint density at radius 1 is 1.10 bits per heavy atom. The molecule has 0 saturated heterocycles. The van der Waals surface area contributed by atoms with Crippen LogP contribution in [0.1, 0.15) is 22.8 Å². The maximum Gasteiger partial charge on any atom is 0.162 e. The van der Waals surface area contributed by atoms with Crippen molar-refractivity contribution in [2.45, 2.75) is 13.5 Å². The number of aromatic amines is 1. The highest BCUT2D eigenvalue weighted by atomic mass is 16.5. The van der Waals surface area contributed by atoms with E-state index in [4.69, 9.17) is 4.74 Å². The fourth-order valence-corrected chi connectivity index (χ4v) is 2.28. The largest absolute Gasteiger partial charge is 0.488 e. The molecule has 0 aliphatic heterocycles. The lowest BCUT2D eigenvalue weighted by Gasteiger charge is -2.08. The van der Waals surface area contributed by atoms with Crippen molar-refractivity contribution in [3.63, 3.8) is 0 Å². The fourth-order valence-electron chi connectivity index (χ4n) is 2.28. The van der Waals surface area contributed by atoms with Crippen LogP contribution in [0.25, 0.3) is 10.9 Å². The number of carbonyl (C=O) groups excluding carboxylic acids is 1. The van der Waals surface area contributed by atoms with Gasteiger partial charge < -0.3 is 9.72 Å². The molecule has 0 fully saturated rings. The van der Waals surface area contributed by atoms with E-state index in [1.807, 2.05) is 48.5 Å². The Morgan fingerprint density at radius 3 is 2.65 bits per heavy atom. The van der Waals surface area contributed by atoms with Crippen LogP contribution in [0.2, 0.25) is 0 Å². The molecule has 0 aliphatic rings. The van der Waals surface area contributed by atoms with Crippen molar-refractivity contribution in [2.75, 3.05) is 0 Å².